The molecular weight excluding hydrogens is 348 g/mol. The van der Waals surface area contributed by atoms with E-state index in [2.05, 4.69) is 26.5 Å². The first kappa shape index (κ1) is 17.7. The molecule has 1 aliphatic rings. The minimum Gasteiger partial charge on any atom is -0.307 e. The van der Waals surface area contributed by atoms with Crippen molar-refractivity contribution in [1.82, 2.24) is 24.5 Å². The van der Waals surface area contributed by atoms with Gasteiger partial charge in [-0.15, -0.1) is 0 Å². The Morgan fingerprint density at radius 2 is 2.00 bits per heavy atom. The van der Waals surface area contributed by atoms with Gasteiger partial charge in [0.25, 0.3) is 6.43 Å². The van der Waals surface area contributed by atoms with Crippen molar-refractivity contribution in [1.29, 1.82) is 0 Å². The van der Waals surface area contributed by atoms with Crippen LogP contribution in [0.25, 0.3) is 16.7 Å². The molecule has 27 heavy (non-hydrogen) atoms. The normalized spacial score (nSPS) is 14.7. The summed E-state index contributed by atoms with van der Waals surface area (Å²) < 4.78 is 27.3. The smallest absolute Gasteiger partial charge is 0.256 e. The van der Waals surface area contributed by atoms with Crippen molar-refractivity contribution < 1.29 is 8.78 Å². The van der Waals surface area contributed by atoms with Crippen LogP contribution in [0.5, 0.6) is 0 Å². The molecule has 0 spiro atoms. The van der Waals surface area contributed by atoms with Gasteiger partial charge >= 0.3 is 0 Å². The maximum atomic E-state index is 12.9. The van der Waals surface area contributed by atoms with Crippen molar-refractivity contribution in [3.05, 3.63) is 53.5 Å². The molecule has 0 bridgehead atoms. The summed E-state index contributed by atoms with van der Waals surface area (Å²) >= 11 is 0. The first-order chi connectivity index (χ1) is 12.9. The Morgan fingerprint density at radius 1 is 1.22 bits per heavy atom. The van der Waals surface area contributed by atoms with E-state index in [0.717, 1.165) is 29.9 Å². The van der Waals surface area contributed by atoms with E-state index in [4.69, 9.17) is 0 Å². The average molecular weight is 369 g/mol. The molecule has 0 amide bonds. The first-order valence-corrected chi connectivity index (χ1v) is 9.09. The van der Waals surface area contributed by atoms with Gasteiger partial charge < -0.3 is 4.57 Å². The highest BCUT2D eigenvalue weighted by atomic mass is 19.3. The predicted molar refractivity (Wildman–Crippen MR) is 99.8 cm³/mol. The van der Waals surface area contributed by atoms with Gasteiger partial charge in [-0.05, 0) is 38.8 Å². The monoisotopic (exact) mass is 369 g/mol. The maximum Gasteiger partial charge on any atom is 0.256 e. The molecule has 3 aromatic heterocycles. The zero-order valence-corrected chi connectivity index (χ0v) is 15.4. The number of hydrogen-bond donors (Lipinski definition) is 0. The van der Waals surface area contributed by atoms with Crippen LogP contribution < -0.4 is 0 Å². The van der Waals surface area contributed by atoms with Crippen LogP contribution in [0.4, 0.5) is 8.78 Å². The highest BCUT2D eigenvalue weighted by Crippen LogP contribution is 2.35. The molecule has 3 aromatic rings. The molecule has 0 aromatic carbocycles. The van der Waals surface area contributed by atoms with Crippen LogP contribution in [0.15, 0.2) is 24.9 Å². The number of hydrogen-bond acceptors (Lipinski definition) is 4. The Hall–Kier alpha value is -2.70. The van der Waals surface area contributed by atoms with Gasteiger partial charge in [-0.25, -0.2) is 28.7 Å². The van der Waals surface area contributed by atoms with Crippen molar-refractivity contribution >= 4 is 16.7 Å². The maximum absolute atomic E-state index is 12.9. The Labute approximate surface area is 156 Å². The number of aryl methyl sites for hydroxylation is 2. The number of aromatic nitrogens is 5. The molecule has 0 N–H and O–H groups in total. The van der Waals surface area contributed by atoms with Crippen LogP contribution in [0.1, 0.15) is 53.8 Å². The molecule has 1 aliphatic carbocycles. The second kappa shape index (κ2) is 6.79. The van der Waals surface area contributed by atoms with Gasteiger partial charge in [0.1, 0.15) is 17.2 Å². The van der Waals surface area contributed by atoms with Crippen LogP contribution in [-0.4, -0.2) is 30.9 Å². The van der Waals surface area contributed by atoms with E-state index in [1.807, 2.05) is 13.0 Å². The second-order valence-corrected chi connectivity index (χ2v) is 7.03. The zero-order valence-electron chi connectivity index (χ0n) is 15.4. The molecule has 4 rings (SSSR count). The number of halogens is 2. The third-order valence-electron chi connectivity index (χ3n) is 5.21. The van der Waals surface area contributed by atoms with Crippen molar-refractivity contribution in [2.45, 2.75) is 52.0 Å². The number of rotatable bonds is 5. The summed E-state index contributed by atoms with van der Waals surface area (Å²) in [6.07, 6.45) is 2.85. The van der Waals surface area contributed by atoms with Gasteiger partial charge in [0.2, 0.25) is 0 Å². The quantitative estimate of drug-likeness (QED) is 0.667. The lowest BCUT2D eigenvalue weighted by atomic mass is 9.84. The first-order valence-electron chi connectivity index (χ1n) is 9.09. The highest BCUT2D eigenvalue weighted by Gasteiger charge is 2.23. The summed E-state index contributed by atoms with van der Waals surface area (Å²) in [6.45, 7) is 7.36. The minimum atomic E-state index is -2.47. The average Bonchev–Trinajstić information content (AvgIpc) is 2.87. The Bertz CT molecular complexity index is 1020. The van der Waals surface area contributed by atoms with Gasteiger partial charge in [-0.3, -0.25) is 0 Å². The number of fused-ring (bicyclic) bond motifs is 1. The predicted octanol–water partition coefficient (Wildman–Crippen LogP) is 4.43. The van der Waals surface area contributed by atoms with E-state index in [-0.39, 0.29) is 0 Å². The second-order valence-electron chi connectivity index (χ2n) is 7.03. The fraction of sp³-hybridized carbons (Fsp3) is 0.400. The van der Waals surface area contributed by atoms with Crippen LogP contribution in [0, 0.1) is 13.8 Å². The van der Waals surface area contributed by atoms with Crippen molar-refractivity contribution in [2.24, 2.45) is 0 Å². The number of alkyl halides is 2. The SMILES string of the molecule is C=C(c1ccc2nc(C)n(CC(F)F)c2n1)c1cnc(C2CCC2)nc1C. The molecule has 5 nitrogen and oxygen atoms in total. The van der Waals surface area contributed by atoms with E-state index in [0.29, 0.717) is 34.2 Å². The molecule has 7 heteroatoms. The fourth-order valence-electron chi connectivity index (χ4n) is 3.42. The molecule has 0 saturated heterocycles. The summed E-state index contributed by atoms with van der Waals surface area (Å²) in [5.41, 5.74) is 4.00. The lowest BCUT2D eigenvalue weighted by molar-refractivity contribution is 0.127. The highest BCUT2D eigenvalue weighted by molar-refractivity contribution is 5.81. The van der Waals surface area contributed by atoms with Gasteiger partial charge in [0.15, 0.2) is 5.65 Å². The third-order valence-corrected chi connectivity index (χ3v) is 5.21. The molecule has 140 valence electrons. The van der Waals surface area contributed by atoms with Crippen molar-refractivity contribution in [3.63, 3.8) is 0 Å². The van der Waals surface area contributed by atoms with Crippen LogP contribution in [0.2, 0.25) is 0 Å². The zero-order chi connectivity index (χ0) is 19.1. The van der Waals surface area contributed by atoms with Crippen molar-refractivity contribution in [3.8, 4) is 0 Å². The molecule has 0 unspecified atom stereocenters. The minimum absolute atomic E-state index is 0.427. The summed E-state index contributed by atoms with van der Waals surface area (Å²) in [4.78, 5) is 18.0. The van der Waals surface area contributed by atoms with E-state index in [9.17, 15) is 8.78 Å². The number of pyridine rings is 1. The molecule has 1 fully saturated rings. The molecule has 0 aliphatic heterocycles. The summed E-state index contributed by atoms with van der Waals surface area (Å²) in [5.74, 6) is 1.88. The van der Waals surface area contributed by atoms with Gasteiger partial charge in [-0.2, -0.15) is 0 Å². The van der Waals surface area contributed by atoms with Gasteiger partial charge in [0.05, 0.1) is 12.2 Å². The van der Waals surface area contributed by atoms with E-state index < -0.39 is 13.0 Å². The van der Waals surface area contributed by atoms with Crippen LogP contribution in [-0.2, 0) is 6.54 Å². The summed E-state index contributed by atoms with van der Waals surface area (Å²) in [6, 6.07) is 3.60. The lowest BCUT2D eigenvalue weighted by Gasteiger charge is -2.24. The number of imidazole rings is 1. The topological polar surface area (TPSA) is 56.5 Å². The molecule has 1 saturated carbocycles. The Balaban J connectivity index is 1.70. The largest absolute Gasteiger partial charge is 0.307 e. The Morgan fingerprint density at radius 3 is 2.63 bits per heavy atom. The van der Waals surface area contributed by atoms with Crippen LogP contribution >= 0.6 is 0 Å². The molecule has 0 radical (unpaired) electrons. The van der Waals surface area contributed by atoms with Gasteiger partial charge in [-0.1, -0.05) is 13.0 Å². The van der Waals surface area contributed by atoms with E-state index in [1.54, 1.807) is 19.2 Å². The standard InChI is InChI=1S/C20H21F2N5/c1-11(15-9-23-19(24-12(15)2)14-5-4-6-14)16-7-8-17-20(26-16)27(10-18(21)22)13(3)25-17/h7-9,14,18H,1,4-6,10H2,2-3H3. The van der Waals surface area contributed by atoms with Crippen molar-refractivity contribution in [2.75, 3.05) is 0 Å². The summed E-state index contributed by atoms with van der Waals surface area (Å²) in [5, 5.41) is 0. The summed E-state index contributed by atoms with van der Waals surface area (Å²) in [7, 11) is 0. The Kier molecular flexibility index (Phi) is 4.45. The van der Waals surface area contributed by atoms with Crippen LogP contribution in [0.3, 0.4) is 0 Å². The molecule has 0 atom stereocenters. The van der Waals surface area contributed by atoms with E-state index in [1.165, 1.54) is 11.0 Å². The van der Waals surface area contributed by atoms with E-state index >= 15 is 0 Å². The molecule has 3 heterocycles. The molecular formula is C20H21F2N5. The fourth-order valence-corrected chi connectivity index (χ4v) is 3.42. The third kappa shape index (κ3) is 3.22. The van der Waals surface area contributed by atoms with Gasteiger partial charge in [0, 0.05) is 28.9 Å². The lowest BCUT2D eigenvalue weighted by Crippen LogP contribution is -2.14. The number of nitrogens with zero attached hydrogens (tertiary/aromatic N) is 5.